The molecule has 0 aromatic heterocycles. The van der Waals surface area contributed by atoms with E-state index in [1.165, 1.54) is 12.1 Å². The lowest BCUT2D eigenvalue weighted by atomic mass is 10.0. The molecule has 0 bridgehead atoms. The van der Waals surface area contributed by atoms with E-state index in [2.05, 4.69) is 5.32 Å². The lowest BCUT2D eigenvalue weighted by Gasteiger charge is -2.13. The molecule has 1 unspecified atom stereocenters. The van der Waals surface area contributed by atoms with E-state index in [1.807, 2.05) is 0 Å². The van der Waals surface area contributed by atoms with Crippen LogP contribution in [0.2, 0.25) is 0 Å². The molecule has 0 fully saturated rings. The second kappa shape index (κ2) is 5.69. The first-order valence-electron chi connectivity index (χ1n) is 6.25. The van der Waals surface area contributed by atoms with Gasteiger partial charge < -0.3 is 10.4 Å². The number of benzene rings is 2. The topological polar surface area (TPSA) is 66.4 Å². The van der Waals surface area contributed by atoms with Gasteiger partial charge in [-0.15, -0.1) is 0 Å². The van der Waals surface area contributed by atoms with Crippen molar-refractivity contribution >= 4 is 22.6 Å². The fourth-order valence-electron chi connectivity index (χ4n) is 2.03. The fraction of sp³-hybridized carbons (Fsp3) is 0.200. The molecule has 0 saturated carbocycles. The van der Waals surface area contributed by atoms with E-state index in [1.54, 1.807) is 31.2 Å². The Kier molecular flexibility index (Phi) is 3.98. The van der Waals surface area contributed by atoms with Crippen molar-refractivity contribution in [1.82, 2.24) is 5.32 Å². The Morgan fingerprint density at radius 1 is 1.20 bits per heavy atom. The van der Waals surface area contributed by atoms with E-state index < -0.39 is 23.7 Å². The first kappa shape index (κ1) is 14.0. The first-order chi connectivity index (χ1) is 9.54. The maximum absolute atomic E-state index is 13.7. The van der Waals surface area contributed by atoms with Gasteiger partial charge in [0.25, 0.3) is 5.91 Å². The van der Waals surface area contributed by atoms with Crippen molar-refractivity contribution in [3.8, 4) is 0 Å². The molecule has 20 heavy (non-hydrogen) atoms. The van der Waals surface area contributed by atoms with Gasteiger partial charge in [0, 0.05) is 10.9 Å². The van der Waals surface area contributed by atoms with Crippen LogP contribution in [0.4, 0.5) is 4.39 Å². The molecule has 1 atom stereocenters. The smallest absolute Gasteiger partial charge is 0.326 e. The summed E-state index contributed by atoms with van der Waals surface area (Å²) in [5, 5.41) is 12.2. The highest BCUT2D eigenvalue weighted by atomic mass is 19.1. The normalized spacial score (nSPS) is 12.1. The van der Waals surface area contributed by atoms with E-state index in [9.17, 15) is 14.0 Å². The number of carbonyl (C=O) groups excluding carboxylic acids is 1. The molecule has 0 aliphatic heterocycles. The molecular formula is C15H14FNO3. The van der Waals surface area contributed by atoms with Gasteiger partial charge in [0.15, 0.2) is 0 Å². The minimum atomic E-state index is -1.09. The lowest BCUT2D eigenvalue weighted by molar-refractivity contribution is -0.139. The van der Waals surface area contributed by atoms with Gasteiger partial charge in [-0.1, -0.05) is 31.2 Å². The maximum Gasteiger partial charge on any atom is 0.326 e. The molecule has 2 aromatic carbocycles. The highest BCUT2D eigenvalue weighted by molar-refractivity contribution is 6.08. The Labute approximate surface area is 115 Å². The Hall–Kier alpha value is -2.43. The standard InChI is InChI=1S/C15H14FNO3/c1-2-13(15(19)20)17-14(18)11-7-8-12(16)10-6-4-3-5-9(10)11/h3-8,13H,2H2,1H3,(H,17,18)(H,19,20). The van der Waals surface area contributed by atoms with Crippen LogP contribution >= 0.6 is 0 Å². The van der Waals surface area contributed by atoms with E-state index >= 15 is 0 Å². The van der Waals surface area contributed by atoms with Gasteiger partial charge in [-0.2, -0.15) is 0 Å². The zero-order chi connectivity index (χ0) is 14.7. The first-order valence-corrected chi connectivity index (χ1v) is 6.25. The summed E-state index contributed by atoms with van der Waals surface area (Å²) in [7, 11) is 0. The number of fused-ring (bicyclic) bond motifs is 1. The lowest BCUT2D eigenvalue weighted by Crippen LogP contribution is -2.40. The average molecular weight is 275 g/mol. The minimum Gasteiger partial charge on any atom is -0.480 e. The second-order valence-electron chi connectivity index (χ2n) is 4.41. The number of aliphatic carboxylic acids is 1. The Morgan fingerprint density at radius 3 is 2.45 bits per heavy atom. The van der Waals surface area contributed by atoms with Crippen LogP contribution in [-0.2, 0) is 4.79 Å². The Bertz CT molecular complexity index is 669. The molecule has 0 aliphatic rings. The van der Waals surface area contributed by atoms with Crippen LogP contribution in [-0.4, -0.2) is 23.0 Å². The zero-order valence-corrected chi connectivity index (χ0v) is 10.9. The molecule has 104 valence electrons. The van der Waals surface area contributed by atoms with Gasteiger partial charge in [0.05, 0.1) is 0 Å². The number of rotatable bonds is 4. The van der Waals surface area contributed by atoms with Gasteiger partial charge in [-0.05, 0) is 23.9 Å². The molecule has 4 nitrogen and oxygen atoms in total. The Morgan fingerprint density at radius 2 is 1.85 bits per heavy atom. The summed E-state index contributed by atoms with van der Waals surface area (Å²) in [4.78, 5) is 23.1. The van der Waals surface area contributed by atoms with Crippen molar-refractivity contribution in [3.63, 3.8) is 0 Å². The summed E-state index contributed by atoms with van der Waals surface area (Å²) < 4.78 is 13.7. The molecular weight excluding hydrogens is 261 g/mol. The molecule has 0 heterocycles. The summed E-state index contributed by atoms with van der Waals surface area (Å²) in [6, 6.07) is 8.21. The predicted octanol–water partition coefficient (Wildman–Crippen LogP) is 2.57. The van der Waals surface area contributed by atoms with Crippen molar-refractivity contribution in [3.05, 3.63) is 47.8 Å². The third-order valence-electron chi connectivity index (χ3n) is 3.13. The van der Waals surface area contributed by atoms with Crippen molar-refractivity contribution in [1.29, 1.82) is 0 Å². The van der Waals surface area contributed by atoms with Crippen LogP contribution in [0.1, 0.15) is 23.7 Å². The van der Waals surface area contributed by atoms with Crippen molar-refractivity contribution in [2.75, 3.05) is 0 Å². The maximum atomic E-state index is 13.7. The zero-order valence-electron chi connectivity index (χ0n) is 10.9. The monoisotopic (exact) mass is 275 g/mol. The van der Waals surface area contributed by atoms with Crippen molar-refractivity contribution < 1.29 is 19.1 Å². The SMILES string of the molecule is CCC(NC(=O)c1ccc(F)c2ccccc12)C(=O)O. The number of nitrogens with one attached hydrogen (secondary N) is 1. The molecule has 2 aromatic rings. The number of hydrogen-bond donors (Lipinski definition) is 2. The summed E-state index contributed by atoms with van der Waals surface area (Å²) in [6.45, 7) is 1.67. The number of carboxylic acids is 1. The number of carboxylic acid groups (broad SMARTS) is 1. The van der Waals surface area contributed by atoms with Crippen LogP contribution in [0.15, 0.2) is 36.4 Å². The third-order valence-corrected chi connectivity index (χ3v) is 3.13. The average Bonchev–Trinajstić information content (AvgIpc) is 2.45. The van der Waals surface area contributed by atoms with Gasteiger partial charge in [-0.3, -0.25) is 4.79 Å². The summed E-state index contributed by atoms with van der Waals surface area (Å²) in [5.41, 5.74) is 0.265. The van der Waals surface area contributed by atoms with E-state index in [0.717, 1.165) is 0 Å². The molecule has 1 amide bonds. The molecule has 5 heteroatoms. The predicted molar refractivity (Wildman–Crippen MR) is 73.1 cm³/mol. The largest absolute Gasteiger partial charge is 0.480 e. The van der Waals surface area contributed by atoms with Gasteiger partial charge in [0.1, 0.15) is 11.9 Å². The van der Waals surface area contributed by atoms with Crippen LogP contribution < -0.4 is 5.32 Å². The van der Waals surface area contributed by atoms with Gasteiger partial charge in [-0.25, -0.2) is 9.18 Å². The highest BCUT2D eigenvalue weighted by Crippen LogP contribution is 2.21. The molecule has 2 rings (SSSR count). The van der Waals surface area contributed by atoms with E-state index in [4.69, 9.17) is 5.11 Å². The summed E-state index contributed by atoms with van der Waals surface area (Å²) in [5.74, 6) is -2.02. The molecule has 0 aliphatic carbocycles. The minimum absolute atomic E-state index is 0.265. The third kappa shape index (κ3) is 2.61. The van der Waals surface area contributed by atoms with Crippen LogP contribution in [0.25, 0.3) is 10.8 Å². The van der Waals surface area contributed by atoms with Gasteiger partial charge >= 0.3 is 5.97 Å². The van der Waals surface area contributed by atoms with Crippen LogP contribution in [0, 0.1) is 5.82 Å². The second-order valence-corrected chi connectivity index (χ2v) is 4.41. The number of carbonyl (C=O) groups is 2. The molecule has 0 radical (unpaired) electrons. The number of halogens is 1. The van der Waals surface area contributed by atoms with Crippen LogP contribution in [0.3, 0.4) is 0 Å². The molecule has 0 saturated heterocycles. The molecule has 0 spiro atoms. The van der Waals surface area contributed by atoms with E-state index in [-0.39, 0.29) is 12.0 Å². The molecule has 2 N–H and O–H groups in total. The van der Waals surface area contributed by atoms with E-state index in [0.29, 0.717) is 10.8 Å². The fourth-order valence-corrected chi connectivity index (χ4v) is 2.03. The number of hydrogen-bond acceptors (Lipinski definition) is 2. The van der Waals surface area contributed by atoms with Crippen molar-refractivity contribution in [2.24, 2.45) is 0 Å². The summed E-state index contributed by atoms with van der Waals surface area (Å²) in [6.07, 6.45) is 0.278. The Balaban J connectivity index is 2.40. The summed E-state index contributed by atoms with van der Waals surface area (Å²) >= 11 is 0. The van der Waals surface area contributed by atoms with Gasteiger partial charge in [0.2, 0.25) is 0 Å². The highest BCUT2D eigenvalue weighted by Gasteiger charge is 2.20. The van der Waals surface area contributed by atoms with Crippen LogP contribution in [0.5, 0.6) is 0 Å². The quantitative estimate of drug-likeness (QED) is 0.901. The van der Waals surface area contributed by atoms with Crippen molar-refractivity contribution in [2.45, 2.75) is 19.4 Å². The number of amides is 1.